The minimum atomic E-state index is -0.511. The highest BCUT2D eigenvalue weighted by Crippen LogP contribution is 2.19. The first-order chi connectivity index (χ1) is 8.58. The number of pyridine rings is 1. The molecular weight excluding hydrogens is 235 g/mol. The molecule has 1 amide bonds. The number of anilines is 1. The first kappa shape index (κ1) is 12.0. The number of benzene rings is 1. The molecule has 0 aliphatic heterocycles. The summed E-state index contributed by atoms with van der Waals surface area (Å²) in [6, 6.07) is 5.50. The van der Waals surface area contributed by atoms with Crippen molar-refractivity contribution in [1.29, 1.82) is 0 Å². The van der Waals surface area contributed by atoms with Crippen molar-refractivity contribution in [2.75, 3.05) is 5.32 Å². The number of halogens is 1. The number of aryl methyl sites for hydroxylation is 1. The summed E-state index contributed by atoms with van der Waals surface area (Å²) in [6.07, 6.45) is 2.57. The van der Waals surface area contributed by atoms with Gasteiger partial charge in [0.1, 0.15) is 11.6 Å². The second kappa shape index (κ2) is 4.83. The Labute approximate surface area is 103 Å². The molecule has 92 valence electrons. The van der Waals surface area contributed by atoms with Gasteiger partial charge in [-0.05, 0) is 30.7 Å². The minimum Gasteiger partial charge on any atom is -0.505 e. The molecule has 2 aromatic rings. The number of aromatic nitrogens is 1. The number of aromatic hydroxyl groups is 1. The van der Waals surface area contributed by atoms with Crippen molar-refractivity contribution >= 4 is 11.6 Å². The van der Waals surface area contributed by atoms with E-state index in [1.165, 1.54) is 30.6 Å². The van der Waals surface area contributed by atoms with Crippen LogP contribution in [0.4, 0.5) is 10.1 Å². The van der Waals surface area contributed by atoms with Crippen molar-refractivity contribution in [3.8, 4) is 5.75 Å². The molecule has 0 fully saturated rings. The zero-order chi connectivity index (χ0) is 13.1. The van der Waals surface area contributed by atoms with E-state index in [-0.39, 0.29) is 11.3 Å². The maximum absolute atomic E-state index is 13.1. The van der Waals surface area contributed by atoms with Crippen molar-refractivity contribution in [2.45, 2.75) is 6.92 Å². The molecule has 0 atom stereocenters. The van der Waals surface area contributed by atoms with E-state index < -0.39 is 11.7 Å². The minimum absolute atomic E-state index is 0.0914. The molecule has 1 heterocycles. The largest absolute Gasteiger partial charge is 0.505 e. The highest BCUT2D eigenvalue weighted by atomic mass is 19.1. The van der Waals surface area contributed by atoms with E-state index in [1.807, 2.05) is 0 Å². The van der Waals surface area contributed by atoms with Gasteiger partial charge in [0.15, 0.2) is 0 Å². The summed E-state index contributed by atoms with van der Waals surface area (Å²) in [6.45, 7) is 1.75. The number of carbonyl (C=O) groups is 1. The average Bonchev–Trinajstić information content (AvgIpc) is 2.34. The fourth-order valence-electron chi connectivity index (χ4n) is 1.50. The van der Waals surface area contributed by atoms with Crippen molar-refractivity contribution in [3.63, 3.8) is 0 Å². The third-order valence-electron chi connectivity index (χ3n) is 2.49. The monoisotopic (exact) mass is 246 g/mol. The van der Waals surface area contributed by atoms with Gasteiger partial charge in [-0.25, -0.2) is 4.39 Å². The van der Waals surface area contributed by atoms with Gasteiger partial charge in [-0.2, -0.15) is 0 Å². The van der Waals surface area contributed by atoms with E-state index in [2.05, 4.69) is 10.3 Å². The molecule has 0 aliphatic rings. The van der Waals surface area contributed by atoms with Crippen LogP contribution in [0.25, 0.3) is 0 Å². The SMILES string of the molecule is Cc1ccc(F)cc1NC(=O)c1ccncc1O. The molecular formula is C13H11FN2O2. The van der Waals surface area contributed by atoms with E-state index >= 15 is 0 Å². The summed E-state index contributed by atoms with van der Waals surface area (Å²) in [7, 11) is 0. The van der Waals surface area contributed by atoms with Gasteiger partial charge < -0.3 is 10.4 Å². The standard InChI is InChI=1S/C13H11FN2O2/c1-8-2-3-9(14)6-11(8)16-13(18)10-4-5-15-7-12(10)17/h2-7,17H,1H3,(H,16,18). The lowest BCUT2D eigenvalue weighted by Crippen LogP contribution is -2.13. The molecule has 5 heteroatoms. The zero-order valence-electron chi connectivity index (χ0n) is 9.64. The Balaban J connectivity index is 2.27. The van der Waals surface area contributed by atoms with Crippen LogP contribution >= 0.6 is 0 Å². The highest BCUT2D eigenvalue weighted by Gasteiger charge is 2.12. The summed E-state index contributed by atoms with van der Waals surface area (Å²) in [5.41, 5.74) is 1.20. The van der Waals surface area contributed by atoms with E-state index in [9.17, 15) is 14.3 Å². The highest BCUT2D eigenvalue weighted by molar-refractivity contribution is 6.06. The van der Waals surface area contributed by atoms with Gasteiger partial charge in [0, 0.05) is 11.9 Å². The third kappa shape index (κ3) is 2.45. The molecule has 0 saturated heterocycles. The molecule has 0 unspecified atom stereocenters. The smallest absolute Gasteiger partial charge is 0.259 e. The molecule has 0 saturated carbocycles. The molecule has 0 bridgehead atoms. The van der Waals surface area contributed by atoms with Crippen molar-refractivity contribution < 1.29 is 14.3 Å². The molecule has 0 aliphatic carbocycles. The first-order valence-corrected chi connectivity index (χ1v) is 5.28. The number of amides is 1. The molecule has 2 N–H and O–H groups in total. The van der Waals surface area contributed by atoms with Crippen molar-refractivity contribution in [1.82, 2.24) is 4.98 Å². The molecule has 18 heavy (non-hydrogen) atoms. The molecule has 0 radical (unpaired) electrons. The van der Waals surface area contributed by atoms with E-state index in [4.69, 9.17) is 0 Å². The Morgan fingerprint density at radius 1 is 1.39 bits per heavy atom. The summed E-state index contributed by atoms with van der Waals surface area (Å²) >= 11 is 0. The average molecular weight is 246 g/mol. The van der Waals surface area contributed by atoms with Gasteiger partial charge in [0.05, 0.1) is 11.8 Å². The topological polar surface area (TPSA) is 62.2 Å². The Hall–Kier alpha value is -2.43. The second-order valence-corrected chi connectivity index (χ2v) is 3.81. The molecule has 0 spiro atoms. The van der Waals surface area contributed by atoms with Gasteiger partial charge in [-0.1, -0.05) is 6.07 Å². The van der Waals surface area contributed by atoms with Crippen LogP contribution in [-0.2, 0) is 0 Å². The van der Waals surface area contributed by atoms with Crippen LogP contribution in [-0.4, -0.2) is 16.0 Å². The first-order valence-electron chi connectivity index (χ1n) is 5.28. The maximum atomic E-state index is 13.1. The van der Waals surface area contributed by atoms with E-state index in [1.54, 1.807) is 13.0 Å². The lowest BCUT2D eigenvalue weighted by atomic mass is 10.1. The third-order valence-corrected chi connectivity index (χ3v) is 2.49. The summed E-state index contributed by atoms with van der Waals surface area (Å²) in [4.78, 5) is 15.6. The lowest BCUT2D eigenvalue weighted by molar-refractivity contribution is 0.102. The van der Waals surface area contributed by atoms with Crippen molar-refractivity contribution in [3.05, 3.63) is 53.6 Å². The van der Waals surface area contributed by atoms with Crippen LogP contribution in [0.1, 0.15) is 15.9 Å². The molecule has 2 rings (SSSR count). The Bertz CT molecular complexity index is 599. The van der Waals surface area contributed by atoms with Gasteiger partial charge in [0.25, 0.3) is 5.91 Å². The maximum Gasteiger partial charge on any atom is 0.259 e. The normalized spacial score (nSPS) is 10.1. The van der Waals surface area contributed by atoms with Crippen molar-refractivity contribution in [2.24, 2.45) is 0 Å². The second-order valence-electron chi connectivity index (χ2n) is 3.81. The number of nitrogens with one attached hydrogen (secondary N) is 1. The Kier molecular flexibility index (Phi) is 3.23. The lowest BCUT2D eigenvalue weighted by Gasteiger charge is -2.09. The van der Waals surface area contributed by atoms with Crippen LogP contribution in [0.15, 0.2) is 36.7 Å². The number of hydrogen-bond acceptors (Lipinski definition) is 3. The molecule has 1 aromatic carbocycles. The van der Waals surface area contributed by atoms with Gasteiger partial charge in [0.2, 0.25) is 0 Å². The fourth-order valence-corrected chi connectivity index (χ4v) is 1.50. The number of nitrogens with zero attached hydrogens (tertiary/aromatic N) is 1. The Morgan fingerprint density at radius 3 is 2.89 bits per heavy atom. The predicted octanol–water partition coefficient (Wildman–Crippen LogP) is 2.49. The zero-order valence-corrected chi connectivity index (χ0v) is 9.64. The molecule has 1 aromatic heterocycles. The van der Waals surface area contributed by atoms with Crippen LogP contribution in [0.2, 0.25) is 0 Å². The van der Waals surface area contributed by atoms with Gasteiger partial charge in [-0.3, -0.25) is 9.78 Å². The Morgan fingerprint density at radius 2 is 2.17 bits per heavy atom. The predicted molar refractivity (Wildman–Crippen MR) is 65.0 cm³/mol. The number of rotatable bonds is 2. The van der Waals surface area contributed by atoms with Crippen LogP contribution in [0.5, 0.6) is 5.75 Å². The summed E-state index contributed by atoms with van der Waals surface area (Å²) < 4.78 is 13.1. The fraction of sp³-hybridized carbons (Fsp3) is 0.0769. The van der Waals surface area contributed by atoms with Crippen LogP contribution in [0, 0.1) is 12.7 Å². The van der Waals surface area contributed by atoms with E-state index in [0.717, 1.165) is 5.56 Å². The summed E-state index contributed by atoms with van der Waals surface area (Å²) in [5, 5.41) is 12.0. The van der Waals surface area contributed by atoms with Crippen LogP contribution in [0.3, 0.4) is 0 Å². The quantitative estimate of drug-likeness (QED) is 0.855. The molecule has 4 nitrogen and oxygen atoms in total. The number of hydrogen-bond donors (Lipinski definition) is 2. The number of carbonyl (C=O) groups excluding carboxylic acids is 1. The van der Waals surface area contributed by atoms with E-state index in [0.29, 0.717) is 5.69 Å². The van der Waals surface area contributed by atoms with Crippen LogP contribution < -0.4 is 5.32 Å². The van der Waals surface area contributed by atoms with Gasteiger partial charge in [-0.15, -0.1) is 0 Å². The summed E-state index contributed by atoms with van der Waals surface area (Å²) in [5.74, 6) is -1.16. The van der Waals surface area contributed by atoms with Gasteiger partial charge >= 0.3 is 0 Å².